The van der Waals surface area contributed by atoms with Crippen LogP contribution in [0.15, 0.2) is 42.5 Å². The van der Waals surface area contributed by atoms with Crippen molar-refractivity contribution in [2.75, 3.05) is 13.2 Å². The molecule has 0 aromatic heterocycles. The molecule has 0 unspecified atom stereocenters. The zero-order chi connectivity index (χ0) is 14.4. The van der Waals surface area contributed by atoms with Crippen LogP contribution in [0.1, 0.15) is 21.5 Å². The normalized spacial score (nSPS) is 10.1. The first-order chi connectivity index (χ1) is 9.70. The van der Waals surface area contributed by atoms with Gasteiger partial charge in [0.1, 0.15) is 24.7 Å². The summed E-state index contributed by atoms with van der Waals surface area (Å²) in [5.74, 6) is 1.45. The molecule has 2 aromatic carbocycles. The Labute approximate surface area is 119 Å². The highest BCUT2D eigenvalue weighted by Gasteiger charge is 2.07. The summed E-state index contributed by atoms with van der Waals surface area (Å²) in [5.41, 5.74) is 2.60. The van der Waals surface area contributed by atoms with Crippen molar-refractivity contribution >= 4 is 6.29 Å². The maximum atomic E-state index is 11.1. The Kier molecular flexibility index (Phi) is 4.77. The van der Waals surface area contributed by atoms with E-state index in [2.05, 4.69) is 0 Å². The summed E-state index contributed by atoms with van der Waals surface area (Å²) in [6.07, 6.45) is 0.827. The van der Waals surface area contributed by atoms with E-state index < -0.39 is 0 Å². The first-order valence-electron chi connectivity index (χ1n) is 6.58. The minimum absolute atomic E-state index is 0.402. The van der Waals surface area contributed by atoms with Gasteiger partial charge in [0.2, 0.25) is 0 Å². The third-order valence-electron chi connectivity index (χ3n) is 2.92. The number of carbonyl (C=O) groups is 1. The minimum atomic E-state index is 0.402. The van der Waals surface area contributed by atoms with Crippen LogP contribution in [-0.4, -0.2) is 19.5 Å². The van der Waals surface area contributed by atoms with E-state index in [0.717, 1.165) is 23.2 Å². The van der Waals surface area contributed by atoms with E-state index in [1.807, 2.05) is 56.3 Å². The summed E-state index contributed by atoms with van der Waals surface area (Å²) in [7, 11) is 0. The van der Waals surface area contributed by atoms with Crippen LogP contribution in [0.5, 0.6) is 11.5 Å². The molecule has 0 aliphatic rings. The average Bonchev–Trinajstić information content (AvgIpc) is 2.45. The number of para-hydroxylation sites is 1. The molecule has 0 atom stereocenters. The predicted molar refractivity (Wildman–Crippen MR) is 78.7 cm³/mol. The van der Waals surface area contributed by atoms with E-state index in [1.165, 1.54) is 0 Å². The number of aryl methyl sites for hydroxylation is 2. The first-order valence-corrected chi connectivity index (χ1v) is 6.58. The van der Waals surface area contributed by atoms with E-state index >= 15 is 0 Å². The number of aldehydes is 1. The molecular weight excluding hydrogens is 252 g/mol. The maximum absolute atomic E-state index is 11.1. The van der Waals surface area contributed by atoms with E-state index in [-0.39, 0.29) is 0 Å². The Morgan fingerprint density at radius 3 is 2.40 bits per heavy atom. The molecule has 0 bridgehead atoms. The van der Waals surface area contributed by atoms with E-state index in [4.69, 9.17) is 9.47 Å². The van der Waals surface area contributed by atoms with Crippen LogP contribution in [-0.2, 0) is 0 Å². The van der Waals surface area contributed by atoms with Crippen LogP contribution in [0.25, 0.3) is 0 Å². The second kappa shape index (κ2) is 6.75. The molecule has 0 aliphatic heterocycles. The third kappa shape index (κ3) is 3.60. The Bertz CT molecular complexity index is 576. The van der Waals surface area contributed by atoms with Crippen LogP contribution < -0.4 is 9.47 Å². The molecule has 0 spiro atoms. The van der Waals surface area contributed by atoms with Gasteiger partial charge in [-0.25, -0.2) is 0 Å². The highest BCUT2D eigenvalue weighted by atomic mass is 16.5. The SMILES string of the molecule is Cc1cc(C)c(OCCOc2ccccc2)c(C=O)c1. The number of rotatable bonds is 6. The van der Waals surface area contributed by atoms with Crippen molar-refractivity contribution in [3.05, 3.63) is 59.2 Å². The highest BCUT2D eigenvalue weighted by molar-refractivity contribution is 5.80. The summed E-state index contributed by atoms with van der Waals surface area (Å²) in [4.78, 5) is 11.1. The van der Waals surface area contributed by atoms with Crippen LogP contribution >= 0.6 is 0 Å². The Balaban J connectivity index is 1.93. The topological polar surface area (TPSA) is 35.5 Å². The Morgan fingerprint density at radius 2 is 1.70 bits per heavy atom. The highest BCUT2D eigenvalue weighted by Crippen LogP contribution is 2.24. The van der Waals surface area contributed by atoms with Crippen LogP contribution in [0.2, 0.25) is 0 Å². The Hall–Kier alpha value is -2.29. The molecule has 0 heterocycles. The number of hydrogen-bond donors (Lipinski definition) is 0. The zero-order valence-electron chi connectivity index (χ0n) is 11.8. The van der Waals surface area contributed by atoms with Gasteiger partial charge in [-0.05, 0) is 43.2 Å². The Morgan fingerprint density at radius 1 is 1.00 bits per heavy atom. The molecule has 20 heavy (non-hydrogen) atoms. The van der Waals surface area contributed by atoms with Crippen molar-refractivity contribution < 1.29 is 14.3 Å². The number of benzene rings is 2. The number of hydrogen-bond acceptors (Lipinski definition) is 3. The van der Waals surface area contributed by atoms with Gasteiger partial charge in [-0.3, -0.25) is 4.79 Å². The molecule has 0 N–H and O–H groups in total. The summed E-state index contributed by atoms with van der Waals surface area (Å²) < 4.78 is 11.2. The molecule has 2 aromatic rings. The zero-order valence-corrected chi connectivity index (χ0v) is 11.8. The van der Waals surface area contributed by atoms with E-state index in [1.54, 1.807) is 0 Å². The van der Waals surface area contributed by atoms with E-state index in [0.29, 0.717) is 24.5 Å². The lowest BCUT2D eigenvalue weighted by Gasteiger charge is -2.13. The summed E-state index contributed by atoms with van der Waals surface area (Å²) in [6, 6.07) is 13.4. The number of ether oxygens (including phenoxy) is 2. The lowest BCUT2D eigenvalue weighted by atomic mass is 10.1. The lowest BCUT2D eigenvalue weighted by molar-refractivity contribution is 0.111. The molecule has 3 nitrogen and oxygen atoms in total. The maximum Gasteiger partial charge on any atom is 0.153 e. The van der Waals surface area contributed by atoms with Crippen LogP contribution in [0.4, 0.5) is 0 Å². The standard InChI is InChI=1S/C17H18O3/c1-13-10-14(2)17(15(11-13)12-18)20-9-8-19-16-6-4-3-5-7-16/h3-7,10-12H,8-9H2,1-2H3. The molecule has 0 saturated carbocycles. The fourth-order valence-electron chi connectivity index (χ4n) is 2.09. The lowest BCUT2D eigenvalue weighted by Crippen LogP contribution is -2.10. The van der Waals surface area contributed by atoms with Gasteiger partial charge in [-0.2, -0.15) is 0 Å². The molecule has 3 heteroatoms. The number of carbonyl (C=O) groups excluding carboxylic acids is 1. The van der Waals surface area contributed by atoms with Crippen molar-refractivity contribution in [3.63, 3.8) is 0 Å². The quantitative estimate of drug-likeness (QED) is 0.594. The monoisotopic (exact) mass is 270 g/mol. The summed E-state index contributed by atoms with van der Waals surface area (Å²) in [6.45, 7) is 4.74. The summed E-state index contributed by atoms with van der Waals surface area (Å²) >= 11 is 0. The average molecular weight is 270 g/mol. The van der Waals surface area contributed by atoms with Gasteiger partial charge in [0, 0.05) is 0 Å². The van der Waals surface area contributed by atoms with Crippen molar-refractivity contribution in [2.45, 2.75) is 13.8 Å². The van der Waals surface area contributed by atoms with Gasteiger partial charge >= 0.3 is 0 Å². The smallest absolute Gasteiger partial charge is 0.153 e. The molecule has 2 rings (SSSR count). The van der Waals surface area contributed by atoms with Crippen molar-refractivity contribution in [3.8, 4) is 11.5 Å². The van der Waals surface area contributed by atoms with Gasteiger partial charge in [0.25, 0.3) is 0 Å². The second-order valence-corrected chi connectivity index (χ2v) is 4.63. The van der Waals surface area contributed by atoms with E-state index in [9.17, 15) is 4.79 Å². The molecule has 0 aliphatic carbocycles. The minimum Gasteiger partial charge on any atom is -0.490 e. The van der Waals surface area contributed by atoms with Crippen molar-refractivity contribution in [1.82, 2.24) is 0 Å². The molecule has 0 radical (unpaired) electrons. The van der Waals surface area contributed by atoms with Crippen molar-refractivity contribution in [1.29, 1.82) is 0 Å². The van der Waals surface area contributed by atoms with Crippen molar-refractivity contribution in [2.24, 2.45) is 0 Å². The predicted octanol–water partition coefficient (Wildman–Crippen LogP) is 3.57. The van der Waals surface area contributed by atoms with Gasteiger partial charge in [-0.1, -0.05) is 24.3 Å². The second-order valence-electron chi connectivity index (χ2n) is 4.63. The van der Waals surface area contributed by atoms with Crippen LogP contribution in [0.3, 0.4) is 0 Å². The molecule has 0 saturated heterocycles. The third-order valence-corrected chi connectivity index (χ3v) is 2.92. The fraction of sp³-hybridized carbons (Fsp3) is 0.235. The summed E-state index contributed by atoms with van der Waals surface area (Å²) in [5, 5.41) is 0. The van der Waals surface area contributed by atoms with Gasteiger partial charge in [0.05, 0.1) is 5.56 Å². The van der Waals surface area contributed by atoms with Gasteiger partial charge < -0.3 is 9.47 Å². The van der Waals surface area contributed by atoms with Gasteiger partial charge in [0.15, 0.2) is 6.29 Å². The molecular formula is C17H18O3. The first kappa shape index (κ1) is 14.1. The van der Waals surface area contributed by atoms with Crippen LogP contribution in [0, 0.1) is 13.8 Å². The fourth-order valence-corrected chi connectivity index (χ4v) is 2.09. The molecule has 0 amide bonds. The molecule has 104 valence electrons. The molecule has 0 fully saturated rings. The van der Waals surface area contributed by atoms with Gasteiger partial charge in [-0.15, -0.1) is 0 Å². The largest absolute Gasteiger partial charge is 0.490 e.